The van der Waals surface area contributed by atoms with Gasteiger partial charge in [0.2, 0.25) is 0 Å². The first-order valence-corrected chi connectivity index (χ1v) is 13.6. The van der Waals surface area contributed by atoms with E-state index in [2.05, 4.69) is 32.6 Å². The Labute approximate surface area is 195 Å². The maximum Gasteiger partial charge on any atom is 0.189 e. The van der Waals surface area contributed by atoms with Crippen LogP contribution in [0, 0.1) is 0 Å². The Kier molecular flexibility index (Phi) is 5.83. The van der Waals surface area contributed by atoms with Gasteiger partial charge in [-0.2, -0.15) is 0 Å². The second kappa shape index (κ2) is 8.33. The second-order valence-corrected chi connectivity index (χ2v) is 12.2. The van der Waals surface area contributed by atoms with E-state index in [1.807, 2.05) is 18.0 Å². The zero-order valence-electron chi connectivity index (χ0n) is 18.7. The zero-order valence-corrected chi connectivity index (χ0v) is 21.1. The first-order chi connectivity index (χ1) is 14.9. The number of aromatic nitrogens is 3. The monoisotopic (exact) mass is 476 g/mol. The highest BCUT2D eigenvalue weighted by Gasteiger charge is 2.33. The maximum atomic E-state index is 6.25. The summed E-state index contributed by atoms with van der Waals surface area (Å²) in [6.45, 7) is 12.6. The fourth-order valence-corrected chi connectivity index (χ4v) is 6.75. The van der Waals surface area contributed by atoms with Gasteiger partial charge in [0.15, 0.2) is 5.16 Å². The van der Waals surface area contributed by atoms with Gasteiger partial charge < -0.3 is 14.4 Å². The molecule has 0 spiro atoms. The summed E-state index contributed by atoms with van der Waals surface area (Å²) in [5.74, 6) is 1.06. The molecular weight excluding hydrogens is 448 g/mol. The highest BCUT2D eigenvalue weighted by Crippen LogP contribution is 2.45. The van der Waals surface area contributed by atoms with Crippen molar-refractivity contribution in [2.75, 3.05) is 37.5 Å². The van der Waals surface area contributed by atoms with E-state index in [-0.39, 0.29) is 5.60 Å². The molecule has 0 aromatic carbocycles. The van der Waals surface area contributed by atoms with Gasteiger partial charge in [0.25, 0.3) is 0 Å². The maximum absolute atomic E-state index is 6.25. The molecule has 0 bridgehead atoms. The molecule has 31 heavy (non-hydrogen) atoms. The highest BCUT2D eigenvalue weighted by molar-refractivity contribution is 8.00. The van der Waals surface area contributed by atoms with Gasteiger partial charge in [-0.25, -0.2) is 15.0 Å². The number of pyridine rings is 1. The van der Waals surface area contributed by atoms with Crippen LogP contribution in [0.5, 0.6) is 0 Å². The molecule has 0 radical (unpaired) electrons. The minimum absolute atomic E-state index is 0.206. The molecule has 1 saturated heterocycles. The summed E-state index contributed by atoms with van der Waals surface area (Å²) >= 11 is 5.15. The number of hydrogen-bond acceptors (Lipinski definition) is 9. The minimum Gasteiger partial charge on any atom is -0.378 e. The molecule has 2 aliphatic heterocycles. The van der Waals surface area contributed by atoms with Crippen molar-refractivity contribution in [3.05, 3.63) is 11.1 Å². The van der Waals surface area contributed by atoms with Gasteiger partial charge >= 0.3 is 0 Å². The molecule has 0 unspecified atom stereocenters. The van der Waals surface area contributed by atoms with Crippen molar-refractivity contribution in [1.82, 2.24) is 15.0 Å². The molecule has 0 aliphatic carbocycles. The van der Waals surface area contributed by atoms with Crippen LogP contribution in [0.2, 0.25) is 0 Å². The highest BCUT2D eigenvalue weighted by atomic mass is 32.2. The minimum atomic E-state index is -0.206. The number of thiophene rings is 1. The van der Waals surface area contributed by atoms with Crippen molar-refractivity contribution in [2.45, 2.75) is 61.8 Å². The first kappa shape index (κ1) is 21.7. The predicted molar refractivity (Wildman–Crippen MR) is 131 cm³/mol. The molecule has 0 N–H and O–H groups in total. The number of hydrogen-bond donors (Lipinski definition) is 0. The van der Waals surface area contributed by atoms with Crippen LogP contribution in [-0.4, -0.2) is 58.4 Å². The van der Waals surface area contributed by atoms with Crippen LogP contribution in [0.1, 0.15) is 38.8 Å². The lowest BCUT2D eigenvalue weighted by molar-refractivity contribution is -0.0396. The molecule has 1 fully saturated rings. The molecule has 0 saturated carbocycles. The SMILES string of the molecule is CSc1nc(SC(C)C)c2sc3nc(N4CCOCC4)c4c(c3c2n1)CC(C)(C)OC4. The number of rotatable bonds is 4. The van der Waals surface area contributed by atoms with Crippen LogP contribution < -0.4 is 4.90 Å². The lowest BCUT2D eigenvalue weighted by Gasteiger charge is -2.36. The average molecular weight is 477 g/mol. The van der Waals surface area contributed by atoms with Crippen molar-refractivity contribution < 1.29 is 9.47 Å². The van der Waals surface area contributed by atoms with Gasteiger partial charge in [0.05, 0.1) is 35.6 Å². The molecule has 0 amide bonds. The smallest absolute Gasteiger partial charge is 0.189 e. The molecule has 3 aromatic rings. The number of nitrogens with zero attached hydrogens (tertiary/aromatic N) is 4. The largest absolute Gasteiger partial charge is 0.378 e. The van der Waals surface area contributed by atoms with Crippen LogP contribution in [0.25, 0.3) is 20.4 Å². The Morgan fingerprint density at radius 2 is 1.87 bits per heavy atom. The second-order valence-electron chi connectivity index (χ2n) is 8.86. The zero-order chi connectivity index (χ0) is 21.8. The van der Waals surface area contributed by atoms with Crippen molar-refractivity contribution >= 4 is 61.1 Å². The van der Waals surface area contributed by atoms with E-state index in [1.54, 1.807) is 23.1 Å². The summed E-state index contributed by atoms with van der Waals surface area (Å²) in [5.41, 5.74) is 3.41. The lowest BCUT2D eigenvalue weighted by Crippen LogP contribution is -2.39. The predicted octanol–water partition coefficient (Wildman–Crippen LogP) is 5.15. The molecule has 2 aliphatic rings. The number of anilines is 1. The van der Waals surface area contributed by atoms with E-state index in [1.165, 1.54) is 16.5 Å². The third-order valence-electron chi connectivity index (χ3n) is 5.66. The first-order valence-electron chi connectivity index (χ1n) is 10.7. The normalized spacial score (nSPS) is 18.8. The van der Waals surface area contributed by atoms with Crippen LogP contribution >= 0.6 is 34.9 Å². The van der Waals surface area contributed by atoms with Crippen LogP contribution in [0.15, 0.2) is 10.2 Å². The molecule has 5 heterocycles. The van der Waals surface area contributed by atoms with E-state index in [0.29, 0.717) is 11.9 Å². The van der Waals surface area contributed by atoms with Gasteiger partial charge in [-0.1, -0.05) is 25.6 Å². The van der Waals surface area contributed by atoms with E-state index in [4.69, 9.17) is 24.4 Å². The van der Waals surface area contributed by atoms with E-state index in [9.17, 15) is 0 Å². The summed E-state index contributed by atoms with van der Waals surface area (Å²) in [4.78, 5) is 18.5. The Hall–Kier alpha value is -1.13. The Morgan fingerprint density at radius 3 is 2.58 bits per heavy atom. The van der Waals surface area contributed by atoms with Gasteiger partial charge in [-0.15, -0.1) is 23.1 Å². The average Bonchev–Trinajstić information content (AvgIpc) is 3.11. The fourth-order valence-electron chi connectivity index (χ4n) is 4.24. The molecule has 9 heteroatoms. The molecule has 166 valence electrons. The lowest BCUT2D eigenvalue weighted by atomic mass is 9.90. The molecule has 6 nitrogen and oxygen atoms in total. The Bertz CT molecular complexity index is 1140. The van der Waals surface area contributed by atoms with Crippen LogP contribution in [0.4, 0.5) is 5.82 Å². The fraction of sp³-hybridized carbons (Fsp3) is 0.591. The summed E-state index contributed by atoms with van der Waals surface area (Å²) in [5, 5.41) is 3.55. The summed E-state index contributed by atoms with van der Waals surface area (Å²) in [6, 6.07) is 0. The van der Waals surface area contributed by atoms with Gasteiger partial charge in [-0.05, 0) is 25.7 Å². The number of thioether (sulfide) groups is 2. The quantitative estimate of drug-likeness (QED) is 0.291. The third kappa shape index (κ3) is 4.04. The van der Waals surface area contributed by atoms with Gasteiger partial charge in [-0.3, -0.25) is 0 Å². The van der Waals surface area contributed by atoms with Crippen LogP contribution in [-0.2, 0) is 22.5 Å². The van der Waals surface area contributed by atoms with Gasteiger partial charge in [0, 0.05) is 35.7 Å². The van der Waals surface area contributed by atoms with Crippen LogP contribution in [0.3, 0.4) is 0 Å². The summed E-state index contributed by atoms with van der Waals surface area (Å²) in [6.07, 6.45) is 2.90. The van der Waals surface area contributed by atoms with Gasteiger partial charge in [0.1, 0.15) is 15.7 Å². The number of ether oxygens (including phenoxy) is 2. The van der Waals surface area contributed by atoms with Crippen molar-refractivity contribution in [3.8, 4) is 0 Å². The summed E-state index contributed by atoms with van der Waals surface area (Å²) < 4.78 is 13.0. The molecule has 5 rings (SSSR count). The van der Waals surface area contributed by atoms with Crippen molar-refractivity contribution in [1.29, 1.82) is 0 Å². The van der Waals surface area contributed by atoms with Crippen molar-refractivity contribution in [2.24, 2.45) is 0 Å². The molecule has 3 aromatic heterocycles. The van der Waals surface area contributed by atoms with E-state index < -0.39 is 0 Å². The molecular formula is C22H28N4O2S3. The van der Waals surface area contributed by atoms with E-state index >= 15 is 0 Å². The topological polar surface area (TPSA) is 60.4 Å². The van der Waals surface area contributed by atoms with E-state index in [0.717, 1.165) is 63.8 Å². The summed E-state index contributed by atoms with van der Waals surface area (Å²) in [7, 11) is 0. The number of morpholine rings is 1. The van der Waals surface area contributed by atoms with Crippen molar-refractivity contribution in [3.63, 3.8) is 0 Å². The third-order valence-corrected chi connectivity index (χ3v) is 8.40. The number of fused-ring (bicyclic) bond motifs is 5. The Balaban J connectivity index is 1.80. The standard InChI is InChI=1S/C22H28N4O2S3/c1-12(2)30-20-17-16(23-21(25-20)29-5)15-13-10-22(3,4)28-11-14(13)18(24-19(15)31-17)26-6-8-27-9-7-26/h12H,6-11H2,1-5H3. The molecule has 0 atom stereocenters. The Morgan fingerprint density at radius 1 is 1.10 bits per heavy atom.